The third-order valence-electron chi connectivity index (χ3n) is 2.38. The number of aromatic nitrogens is 2. The first kappa shape index (κ1) is 12.3. The number of alkyl halides is 3. The number of nitrogens with zero attached hydrogens (tertiary/aromatic N) is 2. The topological polar surface area (TPSA) is 51.8 Å². The Kier molecular flexibility index (Phi) is 2.94. The van der Waals surface area contributed by atoms with Crippen molar-refractivity contribution < 1.29 is 13.2 Å². The van der Waals surface area contributed by atoms with Gasteiger partial charge in [0, 0.05) is 0 Å². The fourth-order valence-electron chi connectivity index (χ4n) is 1.69. The molecule has 0 unspecified atom stereocenters. The van der Waals surface area contributed by atoms with Crippen molar-refractivity contribution in [1.82, 2.24) is 9.97 Å². The van der Waals surface area contributed by atoms with Crippen molar-refractivity contribution in [2.24, 2.45) is 0 Å². The second-order valence-electron chi connectivity index (χ2n) is 3.74. The number of nitrogen functional groups attached to an aromatic ring is 1. The normalized spacial score (nSPS) is 11.6. The van der Waals surface area contributed by atoms with Gasteiger partial charge in [0.25, 0.3) is 0 Å². The molecular weight excluding hydrogens is 243 g/mol. The van der Waals surface area contributed by atoms with Crippen molar-refractivity contribution in [3.8, 4) is 11.1 Å². The number of anilines is 1. The molecule has 0 aliphatic carbocycles. The van der Waals surface area contributed by atoms with Crippen molar-refractivity contribution in [2.75, 3.05) is 5.73 Å². The van der Waals surface area contributed by atoms with Gasteiger partial charge in [-0.3, -0.25) is 0 Å². The van der Waals surface area contributed by atoms with Gasteiger partial charge < -0.3 is 5.73 Å². The molecule has 0 aliphatic heterocycles. The van der Waals surface area contributed by atoms with Crippen molar-refractivity contribution in [3.05, 3.63) is 41.9 Å². The largest absolute Gasteiger partial charge is 0.434 e. The van der Waals surface area contributed by atoms with Gasteiger partial charge in [0.05, 0.1) is 5.56 Å². The number of hydrogen-bond acceptors (Lipinski definition) is 3. The fourth-order valence-corrected chi connectivity index (χ4v) is 1.69. The zero-order chi connectivity index (χ0) is 13.3. The third-order valence-corrected chi connectivity index (χ3v) is 2.38. The molecule has 2 N–H and O–H groups in total. The van der Waals surface area contributed by atoms with Gasteiger partial charge in [-0.25, -0.2) is 9.97 Å². The predicted molar refractivity (Wildman–Crippen MR) is 61.6 cm³/mol. The average molecular weight is 253 g/mol. The Morgan fingerprint density at radius 1 is 1.06 bits per heavy atom. The average Bonchev–Trinajstić information content (AvgIpc) is 2.28. The molecule has 0 saturated carbocycles. The fraction of sp³-hybridized carbons (Fsp3) is 0.167. The highest BCUT2D eigenvalue weighted by Crippen LogP contribution is 2.38. The first-order chi connectivity index (χ1) is 8.39. The Balaban J connectivity index is 2.74. The minimum atomic E-state index is -4.56. The minimum Gasteiger partial charge on any atom is -0.383 e. The van der Waals surface area contributed by atoms with Crippen LogP contribution >= 0.6 is 0 Å². The lowest BCUT2D eigenvalue weighted by molar-refractivity contribution is -0.140. The van der Waals surface area contributed by atoms with Crippen LogP contribution in [0.3, 0.4) is 0 Å². The second kappa shape index (κ2) is 4.29. The molecule has 94 valence electrons. The van der Waals surface area contributed by atoms with E-state index in [0.717, 1.165) is 0 Å². The smallest absolute Gasteiger partial charge is 0.383 e. The van der Waals surface area contributed by atoms with Crippen LogP contribution in [0.4, 0.5) is 19.0 Å². The molecule has 0 radical (unpaired) electrons. The molecule has 18 heavy (non-hydrogen) atoms. The molecule has 2 aromatic rings. The van der Waals surface area contributed by atoms with E-state index in [1.54, 1.807) is 30.3 Å². The van der Waals surface area contributed by atoms with E-state index >= 15 is 0 Å². The van der Waals surface area contributed by atoms with Gasteiger partial charge in [-0.05, 0) is 12.5 Å². The zero-order valence-corrected chi connectivity index (χ0v) is 9.49. The monoisotopic (exact) mass is 253 g/mol. The molecule has 3 nitrogen and oxygen atoms in total. The number of rotatable bonds is 1. The summed E-state index contributed by atoms with van der Waals surface area (Å²) >= 11 is 0. The van der Waals surface area contributed by atoms with E-state index in [1.807, 2.05) is 0 Å². The van der Waals surface area contributed by atoms with Crippen LogP contribution in [-0.2, 0) is 6.18 Å². The van der Waals surface area contributed by atoms with Crippen molar-refractivity contribution in [3.63, 3.8) is 0 Å². The third kappa shape index (κ3) is 2.27. The molecule has 0 saturated heterocycles. The van der Waals surface area contributed by atoms with E-state index < -0.39 is 11.9 Å². The van der Waals surface area contributed by atoms with Crippen molar-refractivity contribution in [1.29, 1.82) is 0 Å². The summed E-state index contributed by atoms with van der Waals surface area (Å²) in [5.74, 6) is -0.166. The van der Waals surface area contributed by atoms with Crippen LogP contribution in [0.5, 0.6) is 0 Å². The van der Waals surface area contributed by atoms with E-state index in [-0.39, 0.29) is 17.2 Å². The molecule has 0 amide bonds. The van der Waals surface area contributed by atoms with E-state index in [0.29, 0.717) is 5.56 Å². The minimum absolute atomic E-state index is 0.000457. The first-order valence-electron chi connectivity index (χ1n) is 5.16. The number of nitrogens with two attached hydrogens (primary N) is 1. The molecule has 1 heterocycles. The van der Waals surface area contributed by atoms with E-state index in [9.17, 15) is 13.2 Å². The maximum atomic E-state index is 12.9. The standard InChI is InChI=1S/C12H10F3N3/c1-7-17-10(12(13,14)15)9(11(16)18-7)8-5-3-2-4-6-8/h2-6H,1H3,(H2,16,17,18). The molecule has 0 atom stereocenters. The maximum absolute atomic E-state index is 12.9. The Morgan fingerprint density at radius 2 is 1.67 bits per heavy atom. The molecule has 1 aromatic carbocycles. The highest BCUT2D eigenvalue weighted by molar-refractivity contribution is 5.76. The van der Waals surface area contributed by atoms with Crippen LogP contribution in [0, 0.1) is 6.92 Å². The van der Waals surface area contributed by atoms with E-state index in [1.165, 1.54) is 6.92 Å². The van der Waals surface area contributed by atoms with Crippen LogP contribution in [0.15, 0.2) is 30.3 Å². The summed E-state index contributed by atoms with van der Waals surface area (Å²) in [6.07, 6.45) is -4.56. The highest BCUT2D eigenvalue weighted by Gasteiger charge is 2.37. The number of hydrogen-bond donors (Lipinski definition) is 1. The SMILES string of the molecule is Cc1nc(N)c(-c2ccccc2)c(C(F)(F)F)n1. The summed E-state index contributed by atoms with van der Waals surface area (Å²) in [5, 5.41) is 0. The van der Waals surface area contributed by atoms with Crippen molar-refractivity contribution in [2.45, 2.75) is 13.1 Å². The van der Waals surface area contributed by atoms with Gasteiger partial charge in [0.2, 0.25) is 0 Å². The van der Waals surface area contributed by atoms with Crippen LogP contribution < -0.4 is 5.73 Å². The summed E-state index contributed by atoms with van der Waals surface area (Å²) in [6.45, 7) is 1.38. The van der Waals surface area contributed by atoms with Crippen LogP contribution in [-0.4, -0.2) is 9.97 Å². The van der Waals surface area contributed by atoms with Crippen LogP contribution in [0.25, 0.3) is 11.1 Å². The quantitative estimate of drug-likeness (QED) is 0.849. The number of benzene rings is 1. The van der Waals surface area contributed by atoms with Crippen molar-refractivity contribution >= 4 is 5.82 Å². The van der Waals surface area contributed by atoms with E-state index in [2.05, 4.69) is 9.97 Å². The number of halogens is 3. The molecule has 0 bridgehead atoms. The predicted octanol–water partition coefficient (Wildman–Crippen LogP) is 3.05. The summed E-state index contributed by atoms with van der Waals surface area (Å²) < 4.78 is 38.8. The highest BCUT2D eigenvalue weighted by atomic mass is 19.4. The summed E-state index contributed by atoms with van der Waals surface area (Å²) in [4.78, 5) is 7.26. The van der Waals surface area contributed by atoms with Crippen LogP contribution in [0.1, 0.15) is 11.5 Å². The zero-order valence-electron chi connectivity index (χ0n) is 9.49. The Hall–Kier alpha value is -2.11. The summed E-state index contributed by atoms with van der Waals surface area (Å²) in [5.41, 5.74) is 4.78. The Bertz CT molecular complexity index is 565. The molecule has 2 rings (SSSR count). The lowest BCUT2D eigenvalue weighted by atomic mass is 10.0. The van der Waals surface area contributed by atoms with Crippen LogP contribution in [0.2, 0.25) is 0 Å². The van der Waals surface area contributed by atoms with Gasteiger partial charge >= 0.3 is 6.18 Å². The molecular formula is C12H10F3N3. The molecule has 0 aliphatic rings. The first-order valence-corrected chi connectivity index (χ1v) is 5.16. The summed E-state index contributed by atoms with van der Waals surface area (Å²) in [7, 11) is 0. The molecule has 0 spiro atoms. The number of aryl methyl sites for hydroxylation is 1. The van der Waals surface area contributed by atoms with Gasteiger partial charge in [0.15, 0.2) is 5.69 Å². The van der Waals surface area contributed by atoms with Gasteiger partial charge in [-0.2, -0.15) is 13.2 Å². The Labute approximate surface area is 101 Å². The molecule has 6 heteroatoms. The lowest BCUT2D eigenvalue weighted by Crippen LogP contribution is -2.14. The van der Waals surface area contributed by atoms with Gasteiger partial charge in [-0.15, -0.1) is 0 Å². The van der Waals surface area contributed by atoms with E-state index in [4.69, 9.17) is 5.73 Å². The second-order valence-corrected chi connectivity index (χ2v) is 3.74. The van der Waals surface area contributed by atoms with Gasteiger partial charge in [-0.1, -0.05) is 30.3 Å². The van der Waals surface area contributed by atoms with Gasteiger partial charge in [0.1, 0.15) is 11.6 Å². The molecule has 1 aromatic heterocycles. The summed E-state index contributed by atoms with van der Waals surface area (Å²) in [6, 6.07) is 8.06. The Morgan fingerprint density at radius 3 is 2.22 bits per heavy atom. The molecule has 0 fully saturated rings. The maximum Gasteiger partial charge on any atom is 0.434 e. The lowest BCUT2D eigenvalue weighted by Gasteiger charge is -2.14.